The van der Waals surface area contributed by atoms with Gasteiger partial charge in [-0.3, -0.25) is 0 Å². The quantitative estimate of drug-likeness (QED) is 0.203. The summed E-state index contributed by atoms with van der Waals surface area (Å²) in [7, 11) is 0. The average Bonchev–Trinajstić information content (AvgIpc) is 3.72. The van der Waals surface area contributed by atoms with E-state index in [0.29, 0.717) is 0 Å². The van der Waals surface area contributed by atoms with Crippen LogP contribution in [0.1, 0.15) is 33.4 Å². The van der Waals surface area contributed by atoms with Crippen LogP contribution in [0.25, 0.3) is 65.6 Å². The van der Waals surface area contributed by atoms with Gasteiger partial charge < -0.3 is 4.57 Å². The second-order valence-electron chi connectivity index (χ2n) is 12.5. The van der Waals surface area contributed by atoms with Crippen LogP contribution < -0.4 is 0 Å². The maximum atomic E-state index is 2.67. The van der Waals surface area contributed by atoms with E-state index in [9.17, 15) is 0 Å². The van der Waals surface area contributed by atoms with E-state index >= 15 is 0 Å². The van der Waals surface area contributed by atoms with Crippen LogP contribution in [0.15, 0.2) is 121 Å². The number of benzene rings is 7. The van der Waals surface area contributed by atoms with E-state index in [2.05, 4.69) is 133 Å². The van der Waals surface area contributed by atoms with Crippen molar-refractivity contribution >= 4 is 43.4 Å². The lowest BCUT2D eigenvalue weighted by Crippen LogP contribution is -2.03. The normalized spacial score (nSPS) is 13.1. The van der Waals surface area contributed by atoms with Gasteiger partial charge >= 0.3 is 0 Å². The molecule has 0 aliphatic heterocycles. The molecule has 1 aromatic heterocycles. The van der Waals surface area contributed by atoms with Crippen molar-refractivity contribution in [3.63, 3.8) is 0 Å². The fraction of sp³-hybridized carbons (Fsp3) is 0.0952. The number of hydrogen-bond acceptors (Lipinski definition) is 0. The van der Waals surface area contributed by atoms with Crippen LogP contribution >= 0.6 is 0 Å². The lowest BCUT2D eigenvalue weighted by molar-refractivity contribution is 0.866. The smallest absolute Gasteiger partial charge is 0.0574 e. The lowest BCUT2D eigenvalue weighted by atomic mass is 9.93. The Kier molecular flexibility index (Phi) is 4.61. The SMILES string of the molecule is Cc1cc(Cn2c3c4c(c5ccccc5c3c3ccc5ccccc5c32)-c2ccccc2C4)cc2c1Cc1ccccc1-2. The highest BCUT2D eigenvalue weighted by Gasteiger charge is 2.28. The number of aromatic nitrogens is 1. The average molecular weight is 548 g/mol. The van der Waals surface area contributed by atoms with Crippen molar-refractivity contribution in [2.45, 2.75) is 26.3 Å². The molecule has 0 N–H and O–H groups in total. The Morgan fingerprint density at radius 3 is 2.07 bits per heavy atom. The Bertz CT molecular complexity index is 2490. The third-order valence-electron chi connectivity index (χ3n) is 10.2. The van der Waals surface area contributed by atoms with Gasteiger partial charge in [-0.25, -0.2) is 0 Å². The molecule has 1 nitrogen and oxygen atoms in total. The minimum atomic E-state index is 0.839. The Balaban J connectivity index is 1.34. The molecule has 202 valence electrons. The molecule has 43 heavy (non-hydrogen) atoms. The highest BCUT2D eigenvalue weighted by molar-refractivity contribution is 6.29. The molecule has 2 aliphatic rings. The van der Waals surface area contributed by atoms with Crippen molar-refractivity contribution in [2.75, 3.05) is 0 Å². The van der Waals surface area contributed by atoms with E-state index in [1.54, 1.807) is 0 Å². The molecule has 2 aliphatic carbocycles. The van der Waals surface area contributed by atoms with Gasteiger partial charge in [0.15, 0.2) is 0 Å². The summed E-state index contributed by atoms with van der Waals surface area (Å²) in [5, 5.41) is 8.09. The Morgan fingerprint density at radius 1 is 0.535 bits per heavy atom. The Hall–Kier alpha value is -5.14. The number of nitrogens with zero attached hydrogens (tertiary/aromatic N) is 1. The van der Waals surface area contributed by atoms with E-state index in [1.165, 1.54) is 99.0 Å². The molecule has 0 bridgehead atoms. The first-order chi connectivity index (χ1) is 21.2. The summed E-state index contributed by atoms with van der Waals surface area (Å²) in [5.41, 5.74) is 17.0. The van der Waals surface area contributed by atoms with E-state index in [-0.39, 0.29) is 0 Å². The van der Waals surface area contributed by atoms with Crippen LogP contribution in [-0.2, 0) is 19.4 Å². The monoisotopic (exact) mass is 547 g/mol. The van der Waals surface area contributed by atoms with Gasteiger partial charge in [-0.1, -0.05) is 115 Å². The van der Waals surface area contributed by atoms with Crippen LogP contribution in [0.4, 0.5) is 0 Å². The summed E-state index contributed by atoms with van der Waals surface area (Å²) in [6.45, 7) is 3.14. The van der Waals surface area contributed by atoms with E-state index < -0.39 is 0 Å². The van der Waals surface area contributed by atoms with Gasteiger partial charge in [0, 0.05) is 29.1 Å². The number of hydrogen-bond donors (Lipinski definition) is 0. The van der Waals surface area contributed by atoms with Gasteiger partial charge in [0.05, 0.1) is 11.0 Å². The zero-order chi connectivity index (χ0) is 28.2. The third kappa shape index (κ3) is 3.12. The van der Waals surface area contributed by atoms with Crippen LogP contribution in [0.2, 0.25) is 0 Å². The Morgan fingerprint density at radius 2 is 1.21 bits per heavy atom. The molecule has 0 fully saturated rings. The molecule has 7 aromatic carbocycles. The second-order valence-corrected chi connectivity index (χ2v) is 12.5. The van der Waals surface area contributed by atoms with Gasteiger partial charge in [-0.15, -0.1) is 0 Å². The molecule has 1 heterocycles. The fourth-order valence-electron chi connectivity index (χ4n) is 8.42. The van der Waals surface area contributed by atoms with Crippen LogP contribution in [0.3, 0.4) is 0 Å². The first-order valence-corrected chi connectivity index (χ1v) is 15.4. The fourth-order valence-corrected chi connectivity index (χ4v) is 8.42. The minimum Gasteiger partial charge on any atom is -0.335 e. The van der Waals surface area contributed by atoms with Crippen molar-refractivity contribution in [1.82, 2.24) is 4.57 Å². The van der Waals surface area contributed by atoms with Gasteiger partial charge in [0.1, 0.15) is 0 Å². The van der Waals surface area contributed by atoms with Crippen LogP contribution in [-0.4, -0.2) is 4.57 Å². The highest BCUT2D eigenvalue weighted by atomic mass is 15.0. The molecule has 0 radical (unpaired) electrons. The van der Waals surface area contributed by atoms with E-state index in [4.69, 9.17) is 0 Å². The molecule has 1 heteroatoms. The second kappa shape index (κ2) is 8.46. The highest BCUT2D eigenvalue weighted by Crippen LogP contribution is 2.49. The zero-order valence-electron chi connectivity index (χ0n) is 24.1. The predicted octanol–water partition coefficient (Wildman–Crippen LogP) is 10.6. The third-order valence-corrected chi connectivity index (χ3v) is 10.2. The van der Waals surface area contributed by atoms with E-state index in [0.717, 1.165) is 19.4 Å². The summed E-state index contributed by atoms with van der Waals surface area (Å²) in [5.74, 6) is 0. The molecular formula is C42H29N. The lowest BCUT2D eigenvalue weighted by Gasteiger charge is -2.16. The van der Waals surface area contributed by atoms with Crippen molar-refractivity contribution in [1.29, 1.82) is 0 Å². The molecule has 0 amide bonds. The van der Waals surface area contributed by atoms with Gasteiger partial charge in [-0.2, -0.15) is 0 Å². The van der Waals surface area contributed by atoms with E-state index in [1.807, 2.05) is 0 Å². The number of rotatable bonds is 2. The molecule has 10 rings (SSSR count). The standard InChI is InChI=1S/C42H29N/c1-25-20-26(21-37-30-13-5-3-11-28(30)22-36(25)37)24-43-41-32-15-7-2-10-27(32)18-19-35(41)40-34-17-9-8-16-33(34)39-31-14-6-4-12-29(31)23-38(39)42(40)43/h2-21H,22-24H2,1H3. The number of aryl methyl sites for hydroxylation is 1. The maximum absolute atomic E-state index is 2.67. The van der Waals surface area contributed by atoms with Gasteiger partial charge in [-0.05, 0) is 91.2 Å². The largest absolute Gasteiger partial charge is 0.335 e. The summed E-state index contributed by atoms with van der Waals surface area (Å²) in [6.07, 6.45) is 2.01. The van der Waals surface area contributed by atoms with Crippen molar-refractivity contribution in [3.05, 3.63) is 155 Å². The van der Waals surface area contributed by atoms with Crippen molar-refractivity contribution < 1.29 is 0 Å². The van der Waals surface area contributed by atoms with Crippen molar-refractivity contribution in [2.24, 2.45) is 0 Å². The van der Waals surface area contributed by atoms with Crippen molar-refractivity contribution in [3.8, 4) is 22.3 Å². The molecule has 0 saturated heterocycles. The molecule has 0 unspecified atom stereocenters. The topological polar surface area (TPSA) is 4.93 Å². The summed E-state index contributed by atoms with van der Waals surface area (Å²) < 4.78 is 2.67. The van der Waals surface area contributed by atoms with Gasteiger partial charge in [0.2, 0.25) is 0 Å². The minimum absolute atomic E-state index is 0.839. The number of fused-ring (bicyclic) bond motifs is 15. The van der Waals surface area contributed by atoms with Crippen LogP contribution in [0.5, 0.6) is 0 Å². The Labute approximate surface area is 250 Å². The first-order valence-electron chi connectivity index (χ1n) is 15.4. The first kappa shape index (κ1) is 23.4. The molecular weight excluding hydrogens is 518 g/mol. The summed E-state index contributed by atoms with van der Waals surface area (Å²) in [4.78, 5) is 0. The molecule has 0 atom stereocenters. The molecule has 0 spiro atoms. The predicted molar refractivity (Wildman–Crippen MR) is 181 cm³/mol. The zero-order valence-corrected chi connectivity index (χ0v) is 24.1. The summed E-state index contributed by atoms with van der Waals surface area (Å²) >= 11 is 0. The molecule has 0 saturated carbocycles. The summed E-state index contributed by atoms with van der Waals surface area (Å²) in [6, 6.07) is 45.6. The van der Waals surface area contributed by atoms with Gasteiger partial charge in [0.25, 0.3) is 0 Å². The maximum Gasteiger partial charge on any atom is 0.0574 e. The van der Waals surface area contributed by atoms with Crippen LogP contribution in [0, 0.1) is 6.92 Å². The molecule has 8 aromatic rings.